The summed E-state index contributed by atoms with van der Waals surface area (Å²) in [6.07, 6.45) is 0.0306. The zero-order valence-corrected chi connectivity index (χ0v) is 11.3. The summed E-state index contributed by atoms with van der Waals surface area (Å²) in [5, 5.41) is 3.07. The molecule has 0 saturated carbocycles. The van der Waals surface area contributed by atoms with Crippen molar-refractivity contribution < 1.29 is 9.13 Å². The molecule has 0 radical (unpaired) electrons. The Balaban J connectivity index is 2.80. The number of rotatable bonds is 5. The molecule has 1 atom stereocenters. The minimum Gasteiger partial charge on any atom is -0.488 e. The molecule has 0 aromatic heterocycles. The lowest BCUT2D eigenvalue weighted by Crippen LogP contribution is -2.33. The summed E-state index contributed by atoms with van der Waals surface area (Å²) < 4.78 is 19.6. The third-order valence-corrected chi connectivity index (χ3v) is 2.98. The summed E-state index contributed by atoms with van der Waals surface area (Å²) in [6.45, 7) is 4.89. The maximum Gasteiger partial charge on any atom is 0.136 e. The molecular weight excluding hydrogens is 273 g/mol. The van der Waals surface area contributed by atoms with E-state index >= 15 is 0 Å². The molecule has 0 spiro atoms. The van der Waals surface area contributed by atoms with Crippen LogP contribution in [0.15, 0.2) is 22.7 Å². The van der Waals surface area contributed by atoms with Gasteiger partial charge in [0.2, 0.25) is 0 Å². The van der Waals surface area contributed by atoms with E-state index < -0.39 is 0 Å². The number of hydrogen-bond donors (Lipinski definition) is 1. The molecule has 1 aromatic rings. The highest BCUT2D eigenvalue weighted by Gasteiger charge is 2.15. The molecule has 0 heterocycles. The molecule has 4 heteroatoms. The number of likely N-dealkylation sites (N-methyl/N-ethyl adjacent to an activating group) is 1. The number of hydrogen-bond acceptors (Lipinski definition) is 2. The maximum atomic E-state index is 13.1. The summed E-state index contributed by atoms with van der Waals surface area (Å²) >= 11 is 3.35. The predicted octanol–water partition coefficient (Wildman–Crippen LogP) is 3.21. The summed E-state index contributed by atoms with van der Waals surface area (Å²) in [5.74, 6) is 0.627. The molecule has 1 N–H and O–H groups in total. The van der Waals surface area contributed by atoms with E-state index in [2.05, 4.69) is 35.1 Å². The van der Waals surface area contributed by atoms with Crippen molar-refractivity contribution in [3.63, 3.8) is 0 Å². The van der Waals surface area contributed by atoms with Crippen molar-refractivity contribution in [2.24, 2.45) is 5.92 Å². The monoisotopic (exact) mass is 289 g/mol. The van der Waals surface area contributed by atoms with Crippen LogP contribution in [0.5, 0.6) is 5.75 Å². The first-order chi connectivity index (χ1) is 7.54. The fraction of sp³-hybridized carbons (Fsp3) is 0.500. The quantitative estimate of drug-likeness (QED) is 0.899. The maximum absolute atomic E-state index is 13.1. The number of ether oxygens (including phenoxy) is 1. The molecule has 1 aromatic carbocycles. The molecular formula is C12H17BrFNO. The first-order valence-corrected chi connectivity index (χ1v) is 6.10. The normalized spacial score (nSPS) is 12.9. The predicted molar refractivity (Wildman–Crippen MR) is 67.3 cm³/mol. The van der Waals surface area contributed by atoms with E-state index in [0.29, 0.717) is 11.7 Å². The van der Waals surface area contributed by atoms with Crippen LogP contribution in [0.1, 0.15) is 13.8 Å². The van der Waals surface area contributed by atoms with E-state index in [0.717, 1.165) is 11.0 Å². The summed E-state index contributed by atoms with van der Waals surface area (Å²) in [5.41, 5.74) is 0. The molecule has 0 bridgehead atoms. The minimum atomic E-state index is -0.287. The van der Waals surface area contributed by atoms with Gasteiger partial charge in [-0.3, -0.25) is 0 Å². The van der Waals surface area contributed by atoms with Crippen molar-refractivity contribution >= 4 is 15.9 Å². The number of nitrogens with one attached hydrogen (secondary N) is 1. The second kappa shape index (κ2) is 6.21. The van der Waals surface area contributed by atoms with Gasteiger partial charge in [-0.15, -0.1) is 0 Å². The molecule has 0 fully saturated rings. The first kappa shape index (κ1) is 13.5. The molecule has 90 valence electrons. The Morgan fingerprint density at radius 3 is 2.69 bits per heavy atom. The Bertz CT molecular complexity index is 344. The molecule has 16 heavy (non-hydrogen) atoms. The average Bonchev–Trinajstić information content (AvgIpc) is 2.22. The molecule has 0 amide bonds. The van der Waals surface area contributed by atoms with Crippen LogP contribution < -0.4 is 10.1 Å². The number of benzene rings is 1. The van der Waals surface area contributed by atoms with Crippen molar-refractivity contribution in [2.75, 3.05) is 13.6 Å². The second-order valence-corrected chi connectivity index (χ2v) is 4.89. The highest BCUT2D eigenvalue weighted by atomic mass is 79.9. The molecule has 1 rings (SSSR count). The van der Waals surface area contributed by atoms with Crippen LogP contribution in [-0.4, -0.2) is 19.7 Å². The molecule has 0 aliphatic rings. The van der Waals surface area contributed by atoms with Gasteiger partial charge in [0.1, 0.15) is 17.7 Å². The third kappa shape index (κ3) is 3.76. The van der Waals surface area contributed by atoms with Crippen molar-refractivity contribution in [3.8, 4) is 5.75 Å². The highest BCUT2D eigenvalue weighted by molar-refractivity contribution is 9.10. The lowest BCUT2D eigenvalue weighted by Gasteiger charge is -2.23. The van der Waals surface area contributed by atoms with Crippen LogP contribution in [0, 0.1) is 11.7 Å². The van der Waals surface area contributed by atoms with Gasteiger partial charge in [-0.25, -0.2) is 4.39 Å². The van der Waals surface area contributed by atoms with Crippen LogP contribution in [0.3, 0.4) is 0 Å². The van der Waals surface area contributed by atoms with Gasteiger partial charge in [0.05, 0.1) is 4.47 Å². The highest BCUT2D eigenvalue weighted by Crippen LogP contribution is 2.27. The fourth-order valence-electron chi connectivity index (χ4n) is 1.35. The Hall–Kier alpha value is -0.610. The SMILES string of the molecule is CNCC(Oc1cc(F)ccc1Br)C(C)C. The van der Waals surface area contributed by atoms with Gasteiger partial charge in [0.15, 0.2) is 0 Å². The van der Waals surface area contributed by atoms with Gasteiger partial charge < -0.3 is 10.1 Å². The van der Waals surface area contributed by atoms with E-state index in [9.17, 15) is 4.39 Å². The largest absolute Gasteiger partial charge is 0.488 e. The van der Waals surface area contributed by atoms with Crippen LogP contribution in [-0.2, 0) is 0 Å². The van der Waals surface area contributed by atoms with E-state index in [1.807, 2.05) is 7.05 Å². The van der Waals surface area contributed by atoms with Crippen LogP contribution >= 0.6 is 15.9 Å². The molecule has 0 aliphatic heterocycles. The Kier molecular flexibility index (Phi) is 5.22. The topological polar surface area (TPSA) is 21.3 Å². The van der Waals surface area contributed by atoms with Gasteiger partial charge >= 0.3 is 0 Å². The summed E-state index contributed by atoms with van der Waals surface area (Å²) in [4.78, 5) is 0. The van der Waals surface area contributed by atoms with E-state index in [1.165, 1.54) is 12.1 Å². The van der Waals surface area contributed by atoms with Crippen LogP contribution in [0.2, 0.25) is 0 Å². The molecule has 2 nitrogen and oxygen atoms in total. The molecule has 1 unspecified atom stereocenters. The minimum absolute atomic E-state index is 0.0306. The van der Waals surface area contributed by atoms with Gasteiger partial charge in [0.25, 0.3) is 0 Å². The second-order valence-electron chi connectivity index (χ2n) is 4.03. The fourth-order valence-corrected chi connectivity index (χ4v) is 1.69. The van der Waals surface area contributed by atoms with Crippen molar-refractivity contribution in [1.82, 2.24) is 5.32 Å². The number of halogens is 2. The standard InChI is InChI=1S/C12H17BrFNO/c1-8(2)12(7-15-3)16-11-6-9(14)4-5-10(11)13/h4-6,8,12,15H,7H2,1-3H3. The third-order valence-electron chi connectivity index (χ3n) is 2.32. The Morgan fingerprint density at radius 2 is 2.12 bits per heavy atom. The van der Waals surface area contributed by atoms with Crippen LogP contribution in [0.4, 0.5) is 4.39 Å². The van der Waals surface area contributed by atoms with Gasteiger partial charge in [0, 0.05) is 12.6 Å². The van der Waals surface area contributed by atoms with Gasteiger partial charge in [-0.05, 0) is 41.0 Å². The van der Waals surface area contributed by atoms with Gasteiger partial charge in [-0.2, -0.15) is 0 Å². The lowest BCUT2D eigenvalue weighted by molar-refractivity contribution is 0.150. The summed E-state index contributed by atoms with van der Waals surface area (Å²) in [7, 11) is 1.87. The van der Waals surface area contributed by atoms with Crippen molar-refractivity contribution in [3.05, 3.63) is 28.5 Å². The van der Waals surface area contributed by atoms with Crippen molar-refractivity contribution in [1.29, 1.82) is 0 Å². The van der Waals surface area contributed by atoms with E-state index in [-0.39, 0.29) is 11.9 Å². The summed E-state index contributed by atoms with van der Waals surface area (Å²) in [6, 6.07) is 4.45. The smallest absolute Gasteiger partial charge is 0.136 e. The van der Waals surface area contributed by atoms with Crippen molar-refractivity contribution in [2.45, 2.75) is 20.0 Å². The first-order valence-electron chi connectivity index (χ1n) is 5.31. The van der Waals surface area contributed by atoms with E-state index in [1.54, 1.807) is 6.07 Å². The van der Waals surface area contributed by atoms with Gasteiger partial charge in [-0.1, -0.05) is 13.8 Å². The van der Waals surface area contributed by atoms with Crippen LogP contribution in [0.25, 0.3) is 0 Å². The lowest BCUT2D eigenvalue weighted by atomic mass is 10.1. The Labute approximate surface area is 104 Å². The molecule has 0 aliphatic carbocycles. The zero-order valence-electron chi connectivity index (χ0n) is 9.76. The Morgan fingerprint density at radius 1 is 1.44 bits per heavy atom. The average molecular weight is 290 g/mol. The molecule has 0 saturated heterocycles. The van der Waals surface area contributed by atoms with E-state index in [4.69, 9.17) is 4.74 Å². The zero-order chi connectivity index (χ0) is 12.1.